The van der Waals surface area contributed by atoms with E-state index in [0.717, 1.165) is 39.9 Å². The molecule has 27 heavy (non-hydrogen) atoms. The van der Waals surface area contributed by atoms with Crippen molar-refractivity contribution >= 4 is 35.7 Å². The Hall–Kier alpha value is -2.29. The Bertz CT molecular complexity index is 1030. The molecule has 1 aromatic carbocycles. The van der Waals surface area contributed by atoms with Crippen LogP contribution < -0.4 is 9.38 Å². The second kappa shape index (κ2) is 6.71. The quantitative estimate of drug-likeness (QED) is 0.476. The van der Waals surface area contributed by atoms with Crippen molar-refractivity contribution in [3.63, 3.8) is 0 Å². The first-order chi connectivity index (χ1) is 13.2. The highest BCUT2D eigenvalue weighted by molar-refractivity contribution is 7.97. The zero-order valence-corrected chi connectivity index (χ0v) is 15.2. The number of hydrogen-bond donors (Lipinski definition) is 3. The fourth-order valence-corrected chi connectivity index (χ4v) is 4.58. The van der Waals surface area contributed by atoms with E-state index in [-0.39, 0.29) is 5.82 Å². The van der Waals surface area contributed by atoms with Gasteiger partial charge in [-0.25, -0.2) is 9.37 Å². The van der Waals surface area contributed by atoms with E-state index >= 15 is 0 Å². The van der Waals surface area contributed by atoms with Gasteiger partial charge in [0.15, 0.2) is 0 Å². The van der Waals surface area contributed by atoms with E-state index in [1.165, 1.54) is 24.1 Å². The standard InChI is InChI=1S/C19H17BFN3O2S/c21-12-2-1-3-14(8-12)27-24-13-6-11(7-13)16-9-20(25)26-17-10-23-19-15(18(16)17)4-5-22-19/h1-5,8-11,13,24-25H,6-7H2,(H,22,23). The zero-order chi connectivity index (χ0) is 18.4. The van der Waals surface area contributed by atoms with E-state index in [4.69, 9.17) is 4.65 Å². The third-order valence-electron chi connectivity index (χ3n) is 5.13. The van der Waals surface area contributed by atoms with Crippen LogP contribution in [0.15, 0.2) is 53.6 Å². The summed E-state index contributed by atoms with van der Waals surface area (Å²) in [7, 11) is -0.945. The molecule has 3 aromatic rings. The molecule has 0 radical (unpaired) electrons. The molecule has 0 amide bonds. The maximum Gasteiger partial charge on any atom is 0.552 e. The number of nitrogens with one attached hydrogen (secondary N) is 2. The number of hydrogen-bond acceptors (Lipinski definition) is 5. The molecule has 0 saturated heterocycles. The minimum Gasteiger partial charge on any atom is -0.531 e. The first-order valence-corrected chi connectivity index (χ1v) is 9.70. The van der Waals surface area contributed by atoms with Crippen molar-refractivity contribution in [3.8, 4) is 5.75 Å². The molecule has 0 unspecified atom stereocenters. The van der Waals surface area contributed by atoms with Gasteiger partial charge >= 0.3 is 7.12 Å². The number of allylic oxidation sites excluding steroid dienone is 1. The SMILES string of the molecule is OB1C=C(C2CC(NSc3cccc(F)c3)C2)c2c(cnc3[nH]ccc23)O1. The predicted molar refractivity (Wildman–Crippen MR) is 105 cm³/mol. The molecule has 2 aliphatic rings. The van der Waals surface area contributed by atoms with Crippen molar-refractivity contribution in [2.24, 2.45) is 5.92 Å². The molecule has 3 N–H and O–H groups in total. The first kappa shape index (κ1) is 16.9. The molecular weight excluding hydrogens is 364 g/mol. The van der Waals surface area contributed by atoms with E-state index in [1.54, 1.807) is 18.2 Å². The maximum atomic E-state index is 13.3. The van der Waals surface area contributed by atoms with E-state index in [0.29, 0.717) is 17.7 Å². The van der Waals surface area contributed by atoms with Crippen molar-refractivity contribution in [2.45, 2.75) is 23.8 Å². The Kier molecular flexibility index (Phi) is 4.19. The summed E-state index contributed by atoms with van der Waals surface area (Å²) in [6, 6.07) is 8.91. The number of rotatable bonds is 4. The van der Waals surface area contributed by atoms with Gasteiger partial charge in [-0.2, -0.15) is 0 Å². The summed E-state index contributed by atoms with van der Waals surface area (Å²) in [6.45, 7) is 0. The molecule has 3 heterocycles. The second-order valence-corrected chi connectivity index (χ2v) is 7.82. The van der Waals surface area contributed by atoms with Crippen molar-refractivity contribution < 1.29 is 14.1 Å². The van der Waals surface area contributed by atoms with Crippen molar-refractivity contribution in [1.82, 2.24) is 14.7 Å². The van der Waals surface area contributed by atoms with Gasteiger partial charge in [-0.3, -0.25) is 4.72 Å². The molecule has 1 fully saturated rings. The molecule has 5 nitrogen and oxygen atoms in total. The van der Waals surface area contributed by atoms with E-state index in [1.807, 2.05) is 18.3 Å². The number of pyridine rings is 1. The van der Waals surface area contributed by atoms with Crippen LogP contribution in [0, 0.1) is 11.7 Å². The third kappa shape index (κ3) is 3.14. The molecule has 8 heteroatoms. The number of aromatic nitrogens is 2. The summed E-state index contributed by atoms with van der Waals surface area (Å²) >= 11 is 1.46. The van der Waals surface area contributed by atoms with Crippen molar-refractivity contribution in [2.75, 3.05) is 0 Å². The monoisotopic (exact) mass is 381 g/mol. The van der Waals surface area contributed by atoms with E-state index < -0.39 is 7.12 Å². The fourth-order valence-electron chi connectivity index (χ4n) is 3.77. The lowest BCUT2D eigenvalue weighted by molar-refractivity contribution is 0.315. The molecule has 0 bridgehead atoms. The van der Waals surface area contributed by atoms with Gasteiger partial charge in [-0.05, 0) is 66.5 Å². The molecule has 0 atom stereocenters. The molecular formula is C19H17BFN3O2S. The Labute approximate surface area is 160 Å². The minimum absolute atomic E-state index is 0.227. The molecule has 0 spiro atoms. The van der Waals surface area contributed by atoms with Crippen LogP contribution in [0.1, 0.15) is 18.4 Å². The number of halogens is 1. The molecule has 2 aromatic heterocycles. The Balaban J connectivity index is 1.31. The van der Waals surface area contributed by atoms with E-state index in [2.05, 4.69) is 14.7 Å². The number of benzene rings is 1. The van der Waals surface area contributed by atoms with Gasteiger partial charge < -0.3 is 14.7 Å². The predicted octanol–water partition coefficient (Wildman–Crippen LogP) is 3.57. The van der Waals surface area contributed by atoms with Crippen LogP contribution in [-0.2, 0) is 0 Å². The lowest BCUT2D eigenvalue weighted by Gasteiger charge is -2.39. The average Bonchev–Trinajstić information content (AvgIpc) is 3.08. The normalized spacial score (nSPS) is 21.4. The van der Waals surface area contributed by atoms with Gasteiger partial charge in [-0.15, -0.1) is 0 Å². The largest absolute Gasteiger partial charge is 0.552 e. The molecule has 1 aliphatic heterocycles. The smallest absolute Gasteiger partial charge is 0.531 e. The molecule has 5 rings (SSSR count). The summed E-state index contributed by atoms with van der Waals surface area (Å²) in [4.78, 5) is 8.34. The van der Waals surface area contributed by atoms with Gasteiger partial charge in [0.2, 0.25) is 0 Å². The van der Waals surface area contributed by atoms with Crippen LogP contribution in [0.5, 0.6) is 5.75 Å². The first-order valence-electron chi connectivity index (χ1n) is 8.88. The highest BCUT2D eigenvalue weighted by Gasteiger charge is 2.37. The van der Waals surface area contributed by atoms with Gasteiger partial charge in [0.25, 0.3) is 0 Å². The minimum atomic E-state index is -0.945. The van der Waals surface area contributed by atoms with Gasteiger partial charge in [-0.1, -0.05) is 6.07 Å². The van der Waals surface area contributed by atoms with Gasteiger partial charge in [0, 0.05) is 28.1 Å². The fraction of sp³-hybridized carbons (Fsp3) is 0.211. The zero-order valence-electron chi connectivity index (χ0n) is 14.4. The number of H-pyrrole nitrogens is 1. The Morgan fingerprint density at radius 2 is 2.22 bits per heavy atom. The lowest BCUT2D eigenvalue weighted by atomic mass is 9.68. The maximum absolute atomic E-state index is 13.3. The molecule has 136 valence electrons. The Morgan fingerprint density at radius 3 is 3.07 bits per heavy atom. The summed E-state index contributed by atoms with van der Waals surface area (Å²) in [5, 5.41) is 11.1. The second-order valence-electron chi connectivity index (χ2n) is 6.91. The van der Waals surface area contributed by atoms with Gasteiger partial charge in [0.1, 0.15) is 17.2 Å². The topological polar surface area (TPSA) is 70.2 Å². The highest BCUT2D eigenvalue weighted by atomic mass is 32.2. The molecule has 1 aliphatic carbocycles. The van der Waals surface area contributed by atoms with Crippen LogP contribution in [0.4, 0.5) is 4.39 Å². The summed E-state index contributed by atoms with van der Waals surface area (Å²) < 4.78 is 22.2. The van der Waals surface area contributed by atoms with Crippen LogP contribution in [0.2, 0.25) is 0 Å². The third-order valence-corrected chi connectivity index (χ3v) is 6.07. The highest BCUT2D eigenvalue weighted by Crippen LogP contribution is 2.46. The summed E-state index contributed by atoms with van der Waals surface area (Å²) in [5.41, 5.74) is 2.95. The summed E-state index contributed by atoms with van der Waals surface area (Å²) in [6.07, 6.45) is 5.43. The van der Waals surface area contributed by atoms with Crippen LogP contribution in [0.25, 0.3) is 16.6 Å². The van der Waals surface area contributed by atoms with Crippen LogP contribution in [0.3, 0.4) is 0 Å². The number of nitrogens with zero attached hydrogens (tertiary/aromatic N) is 1. The van der Waals surface area contributed by atoms with Crippen LogP contribution in [-0.4, -0.2) is 28.2 Å². The lowest BCUT2D eigenvalue weighted by Crippen LogP contribution is -2.39. The average molecular weight is 381 g/mol. The number of fused-ring (bicyclic) bond motifs is 3. The van der Waals surface area contributed by atoms with E-state index in [9.17, 15) is 9.41 Å². The molecule has 1 saturated carbocycles. The number of aromatic amines is 1. The van der Waals surface area contributed by atoms with Crippen molar-refractivity contribution in [1.29, 1.82) is 0 Å². The van der Waals surface area contributed by atoms with Gasteiger partial charge in [0.05, 0.1) is 6.20 Å². The summed E-state index contributed by atoms with van der Waals surface area (Å²) in [5.74, 6) is 2.54. The Morgan fingerprint density at radius 1 is 1.33 bits per heavy atom. The van der Waals surface area contributed by atoms with Crippen LogP contribution >= 0.6 is 11.9 Å². The van der Waals surface area contributed by atoms with Crippen molar-refractivity contribution in [3.05, 3.63) is 60.1 Å².